The molecule has 1 aliphatic heterocycles. The molecule has 8 nitrogen and oxygen atoms in total. The van der Waals surface area contributed by atoms with Crippen LogP contribution in [-0.4, -0.2) is 52.7 Å². The van der Waals surface area contributed by atoms with Crippen molar-refractivity contribution in [2.24, 2.45) is 5.73 Å². The monoisotopic (exact) mass is 439 g/mol. The predicted octanol–water partition coefficient (Wildman–Crippen LogP) is 3.43. The molecule has 4 aromatic rings. The smallest absolute Gasteiger partial charge is 0.316 e. The number of nitrogens with two attached hydrogens (primary N) is 1. The Labute approximate surface area is 182 Å². The standard InChI is InChI=1S/C22H23F2N7O/c1-3-26-15-6-14(23)18(24)16-17-20(31-5-4-12(25)10-31)13(9-27-21(17)30-19(15)16)11-7-28-22(32-2)29-8-11/h6-9,12,26H,3-5,10,25H2,1-2H3,(H,27,30)/t12-/m1/s1. The molecule has 10 heteroatoms. The van der Waals surface area contributed by atoms with E-state index in [-0.39, 0.29) is 17.4 Å². The minimum absolute atomic E-state index is 0.0118. The van der Waals surface area contributed by atoms with E-state index >= 15 is 4.39 Å². The minimum Gasteiger partial charge on any atom is -0.467 e. The number of benzene rings is 1. The van der Waals surface area contributed by atoms with Crippen molar-refractivity contribution in [3.8, 4) is 17.1 Å². The highest BCUT2D eigenvalue weighted by Gasteiger charge is 2.28. The van der Waals surface area contributed by atoms with E-state index < -0.39 is 11.6 Å². The van der Waals surface area contributed by atoms with E-state index in [1.54, 1.807) is 18.6 Å². The van der Waals surface area contributed by atoms with Gasteiger partial charge in [0.15, 0.2) is 11.6 Å². The average Bonchev–Trinajstić information content (AvgIpc) is 3.41. The van der Waals surface area contributed by atoms with Crippen LogP contribution in [0.4, 0.5) is 20.2 Å². The lowest BCUT2D eigenvalue weighted by molar-refractivity contribution is 0.380. The number of aromatic nitrogens is 4. The number of fused-ring (bicyclic) bond motifs is 3. The zero-order valence-corrected chi connectivity index (χ0v) is 17.7. The lowest BCUT2D eigenvalue weighted by Gasteiger charge is -2.23. The van der Waals surface area contributed by atoms with Crippen molar-refractivity contribution >= 4 is 33.3 Å². The molecule has 166 valence electrons. The molecule has 0 bridgehead atoms. The number of hydrogen-bond donors (Lipinski definition) is 3. The minimum atomic E-state index is -0.920. The van der Waals surface area contributed by atoms with Crippen molar-refractivity contribution in [2.75, 3.05) is 37.0 Å². The van der Waals surface area contributed by atoms with E-state index in [1.807, 2.05) is 6.92 Å². The number of H-pyrrole nitrogens is 1. The van der Waals surface area contributed by atoms with Crippen molar-refractivity contribution in [3.05, 3.63) is 36.3 Å². The third kappa shape index (κ3) is 3.18. The maximum absolute atomic E-state index is 15.2. The van der Waals surface area contributed by atoms with Crippen LogP contribution in [0, 0.1) is 11.6 Å². The summed E-state index contributed by atoms with van der Waals surface area (Å²) in [5.41, 5.74) is 9.75. The SMILES string of the molecule is CCNc1cc(F)c(F)c2c1[nH]c1ncc(-c3cnc(OC)nc3)c(N3CC[C@@H](N)C3)c12. The van der Waals surface area contributed by atoms with Crippen LogP contribution in [0.2, 0.25) is 0 Å². The second kappa shape index (κ2) is 7.86. The number of rotatable bonds is 5. The number of nitrogens with zero attached hydrogens (tertiary/aromatic N) is 4. The van der Waals surface area contributed by atoms with Gasteiger partial charge in [0.05, 0.1) is 34.8 Å². The fraction of sp³-hybridized carbons (Fsp3) is 0.318. The molecule has 0 saturated carbocycles. The Morgan fingerprint density at radius 2 is 2.00 bits per heavy atom. The zero-order valence-electron chi connectivity index (χ0n) is 17.7. The summed E-state index contributed by atoms with van der Waals surface area (Å²) in [4.78, 5) is 18.2. The van der Waals surface area contributed by atoms with E-state index in [0.29, 0.717) is 53.0 Å². The third-order valence-corrected chi connectivity index (χ3v) is 5.79. The number of hydrogen-bond acceptors (Lipinski definition) is 7. The summed E-state index contributed by atoms with van der Waals surface area (Å²) in [6.45, 7) is 3.73. The third-order valence-electron chi connectivity index (χ3n) is 5.79. The quantitative estimate of drug-likeness (QED) is 0.438. The number of ether oxygens (including phenoxy) is 1. The van der Waals surface area contributed by atoms with Gasteiger partial charge in [-0.25, -0.2) is 23.7 Å². The first-order chi connectivity index (χ1) is 15.5. The molecule has 3 aromatic heterocycles. The number of anilines is 2. The highest BCUT2D eigenvalue weighted by atomic mass is 19.2. The lowest BCUT2D eigenvalue weighted by Crippen LogP contribution is -2.26. The lowest BCUT2D eigenvalue weighted by atomic mass is 10.0. The van der Waals surface area contributed by atoms with Gasteiger partial charge in [0, 0.05) is 61.5 Å². The molecule has 0 amide bonds. The number of aromatic amines is 1. The second-order valence-electron chi connectivity index (χ2n) is 7.82. The van der Waals surface area contributed by atoms with Gasteiger partial charge in [0.1, 0.15) is 5.65 Å². The van der Waals surface area contributed by atoms with Gasteiger partial charge in [-0.15, -0.1) is 0 Å². The van der Waals surface area contributed by atoms with Gasteiger partial charge in [-0.2, -0.15) is 0 Å². The molecule has 1 aromatic carbocycles. The molecular formula is C22H23F2N7O. The van der Waals surface area contributed by atoms with Gasteiger partial charge in [-0.05, 0) is 13.3 Å². The van der Waals surface area contributed by atoms with Gasteiger partial charge < -0.3 is 25.7 Å². The molecule has 4 heterocycles. The fourth-order valence-corrected chi connectivity index (χ4v) is 4.36. The van der Waals surface area contributed by atoms with Crippen LogP contribution in [-0.2, 0) is 0 Å². The molecule has 1 fully saturated rings. The van der Waals surface area contributed by atoms with Crippen LogP contribution in [0.3, 0.4) is 0 Å². The maximum Gasteiger partial charge on any atom is 0.316 e. The molecular weight excluding hydrogens is 416 g/mol. The first-order valence-electron chi connectivity index (χ1n) is 10.4. The van der Waals surface area contributed by atoms with E-state index in [9.17, 15) is 4.39 Å². The van der Waals surface area contributed by atoms with Crippen LogP contribution in [0.1, 0.15) is 13.3 Å². The fourth-order valence-electron chi connectivity index (χ4n) is 4.36. The summed E-state index contributed by atoms with van der Waals surface area (Å²) in [5, 5.41) is 3.78. The normalized spacial score (nSPS) is 16.3. The summed E-state index contributed by atoms with van der Waals surface area (Å²) in [5.74, 6) is -1.83. The molecule has 1 atom stereocenters. The second-order valence-corrected chi connectivity index (χ2v) is 7.82. The molecule has 0 unspecified atom stereocenters. The molecule has 1 saturated heterocycles. The maximum atomic E-state index is 15.2. The number of nitrogens with one attached hydrogen (secondary N) is 2. The van der Waals surface area contributed by atoms with Crippen LogP contribution in [0.5, 0.6) is 6.01 Å². The van der Waals surface area contributed by atoms with Gasteiger partial charge in [-0.1, -0.05) is 0 Å². The Bertz CT molecular complexity index is 1310. The Morgan fingerprint density at radius 3 is 2.66 bits per heavy atom. The van der Waals surface area contributed by atoms with Crippen molar-refractivity contribution in [1.82, 2.24) is 19.9 Å². The van der Waals surface area contributed by atoms with E-state index in [4.69, 9.17) is 10.5 Å². The molecule has 1 aliphatic rings. The molecule has 4 N–H and O–H groups in total. The molecule has 0 spiro atoms. The number of methoxy groups -OCH3 is 1. The highest BCUT2D eigenvalue weighted by Crippen LogP contribution is 2.43. The first kappa shape index (κ1) is 20.4. The van der Waals surface area contributed by atoms with Gasteiger partial charge in [0.25, 0.3) is 0 Å². The Morgan fingerprint density at radius 1 is 1.22 bits per heavy atom. The van der Waals surface area contributed by atoms with Gasteiger partial charge in [0.2, 0.25) is 0 Å². The summed E-state index contributed by atoms with van der Waals surface area (Å²) in [7, 11) is 1.49. The first-order valence-corrected chi connectivity index (χ1v) is 10.4. The molecule has 0 radical (unpaired) electrons. The molecule has 5 rings (SSSR count). The summed E-state index contributed by atoms with van der Waals surface area (Å²) >= 11 is 0. The predicted molar refractivity (Wildman–Crippen MR) is 120 cm³/mol. The molecule has 0 aliphatic carbocycles. The Kier molecular flexibility index (Phi) is 5.01. The average molecular weight is 439 g/mol. The Hall–Kier alpha value is -3.53. The van der Waals surface area contributed by atoms with Crippen LogP contribution < -0.4 is 20.7 Å². The Balaban J connectivity index is 1.86. The summed E-state index contributed by atoms with van der Waals surface area (Å²) in [6.07, 6.45) is 5.75. The van der Waals surface area contributed by atoms with E-state index in [0.717, 1.165) is 12.1 Å². The van der Waals surface area contributed by atoms with E-state index in [2.05, 4.69) is 30.2 Å². The molecule has 32 heavy (non-hydrogen) atoms. The highest BCUT2D eigenvalue weighted by molar-refractivity contribution is 6.18. The summed E-state index contributed by atoms with van der Waals surface area (Å²) < 4.78 is 34.9. The largest absolute Gasteiger partial charge is 0.467 e. The van der Waals surface area contributed by atoms with Crippen LogP contribution >= 0.6 is 0 Å². The van der Waals surface area contributed by atoms with Crippen LogP contribution in [0.25, 0.3) is 33.1 Å². The number of halogens is 2. The van der Waals surface area contributed by atoms with Gasteiger partial charge >= 0.3 is 6.01 Å². The van der Waals surface area contributed by atoms with Crippen molar-refractivity contribution in [3.63, 3.8) is 0 Å². The number of pyridine rings is 1. The van der Waals surface area contributed by atoms with Crippen LogP contribution in [0.15, 0.2) is 24.7 Å². The van der Waals surface area contributed by atoms with Crippen molar-refractivity contribution in [2.45, 2.75) is 19.4 Å². The topological polar surface area (TPSA) is 105 Å². The van der Waals surface area contributed by atoms with Crippen molar-refractivity contribution < 1.29 is 13.5 Å². The van der Waals surface area contributed by atoms with Gasteiger partial charge in [-0.3, -0.25) is 0 Å². The zero-order chi connectivity index (χ0) is 22.4. The summed E-state index contributed by atoms with van der Waals surface area (Å²) in [6, 6.07) is 1.39. The van der Waals surface area contributed by atoms with Crippen molar-refractivity contribution in [1.29, 1.82) is 0 Å². The van der Waals surface area contributed by atoms with E-state index in [1.165, 1.54) is 13.2 Å².